The van der Waals surface area contributed by atoms with E-state index in [0.29, 0.717) is 27.1 Å². The summed E-state index contributed by atoms with van der Waals surface area (Å²) in [5.74, 6) is 0.606. The van der Waals surface area contributed by atoms with E-state index in [9.17, 15) is 9.59 Å². The third-order valence-electron chi connectivity index (χ3n) is 5.28. The van der Waals surface area contributed by atoms with Crippen LogP contribution in [0.15, 0.2) is 66.4 Å². The van der Waals surface area contributed by atoms with Crippen molar-refractivity contribution < 1.29 is 19.1 Å². The van der Waals surface area contributed by atoms with Gasteiger partial charge in [0.2, 0.25) is 0 Å². The molecule has 1 N–H and O–H groups in total. The number of hydrogen-bond donors (Lipinski definition) is 1. The Morgan fingerprint density at radius 1 is 1.00 bits per heavy atom. The Morgan fingerprint density at radius 3 is 2.56 bits per heavy atom. The van der Waals surface area contributed by atoms with Crippen LogP contribution in [0.25, 0.3) is 6.08 Å². The van der Waals surface area contributed by atoms with Crippen LogP contribution in [0, 0.1) is 6.92 Å². The van der Waals surface area contributed by atoms with Gasteiger partial charge in [-0.3, -0.25) is 9.69 Å². The molecule has 3 amide bonds. The van der Waals surface area contributed by atoms with Crippen LogP contribution >= 0.6 is 23.2 Å². The third kappa shape index (κ3) is 5.35. The maximum absolute atomic E-state index is 12.8. The van der Waals surface area contributed by atoms with Gasteiger partial charge in [-0.2, -0.15) is 0 Å². The topological polar surface area (TPSA) is 67.9 Å². The van der Waals surface area contributed by atoms with Crippen LogP contribution in [-0.2, 0) is 17.9 Å². The van der Waals surface area contributed by atoms with Crippen LogP contribution < -0.4 is 14.8 Å². The molecule has 3 aromatic carbocycles. The number of nitrogens with zero attached hydrogens (tertiary/aromatic N) is 1. The molecule has 1 heterocycles. The van der Waals surface area contributed by atoms with Crippen molar-refractivity contribution in [3.05, 3.63) is 98.7 Å². The molecule has 8 heteroatoms. The summed E-state index contributed by atoms with van der Waals surface area (Å²) in [6.07, 6.45) is 1.61. The normalized spacial score (nSPS) is 14.5. The molecule has 0 aliphatic carbocycles. The fourth-order valence-electron chi connectivity index (χ4n) is 3.56. The number of methoxy groups -OCH3 is 1. The zero-order chi connectivity index (χ0) is 24.2. The molecule has 0 atom stereocenters. The number of hydrogen-bond acceptors (Lipinski definition) is 4. The van der Waals surface area contributed by atoms with E-state index in [4.69, 9.17) is 32.7 Å². The van der Waals surface area contributed by atoms with Gasteiger partial charge in [-0.05, 0) is 48.4 Å². The van der Waals surface area contributed by atoms with E-state index in [1.165, 1.54) is 12.0 Å². The van der Waals surface area contributed by atoms with Crippen molar-refractivity contribution >= 4 is 41.2 Å². The summed E-state index contributed by atoms with van der Waals surface area (Å²) in [4.78, 5) is 26.4. The van der Waals surface area contributed by atoms with Crippen molar-refractivity contribution in [2.75, 3.05) is 7.11 Å². The zero-order valence-electron chi connectivity index (χ0n) is 18.6. The lowest BCUT2D eigenvalue weighted by molar-refractivity contribution is -0.123. The van der Waals surface area contributed by atoms with Gasteiger partial charge in [-0.15, -0.1) is 0 Å². The van der Waals surface area contributed by atoms with Crippen LogP contribution in [0.1, 0.15) is 22.3 Å². The number of urea groups is 1. The molecule has 6 nitrogen and oxygen atoms in total. The molecule has 3 aromatic rings. The Labute approximate surface area is 207 Å². The highest BCUT2D eigenvalue weighted by Crippen LogP contribution is 2.31. The first-order valence-electron chi connectivity index (χ1n) is 10.5. The van der Waals surface area contributed by atoms with Crippen LogP contribution in [0.4, 0.5) is 4.79 Å². The minimum atomic E-state index is -0.454. The Hall–Kier alpha value is -3.48. The summed E-state index contributed by atoms with van der Waals surface area (Å²) in [6.45, 7) is 2.40. The zero-order valence-corrected chi connectivity index (χ0v) is 20.1. The van der Waals surface area contributed by atoms with E-state index in [1.54, 1.807) is 42.5 Å². The second-order valence-electron chi connectivity index (χ2n) is 7.80. The summed E-state index contributed by atoms with van der Waals surface area (Å²) in [5, 5.41) is 3.71. The van der Waals surface area contributed by atoms with Crippen molar-refractivity contribution in [3.63, 3.8) is 0 Å². The summed E-state index contributed by atoms with van der Waals surface area (Å²) in [7, 11) is 1.53. The summed E-state index contributed by atoms with van der Waals surface area (Å²) in [6, 6.07) is 17.7. The lowest BCUT2D eigenvalue weighted by Crippen LogP contribution is -2.30. The third-order valence-corrected chi connectivity index (χ3v) is 5.87. The van der Waals surface area contributed by atoms with Crippen molar-refractivity contribution in [2.45, 2.75) is 20.1 Å². The maximum atomic E-state index is 12.8. The average molecular weight is 497 g/mol. The fraction of sp³-hybridized carbons (Fsp3) is 0.154. The van der Waals surface area contributed by atoms with Crippen molar-refractivity contribution in [1.29, 1.82) is 0 Å². The van der Waals surface area contributed by atoms with E-state index in [0.717, 1.165) is 16.7 Å². The van der Waals surface area contributed by atoms with E-state index < -0.39 is 6.03 Å². The molecule has 0 radical (unpaired) electrons. The van der Waals surface area contributed by atoms with Crippen molar-refractivity contribution in [2.24, 2.45) is 0 Å². The SMILES string of the molecule is COc1cc(/C=C2/NC(=O)N(Cc3cccc(C)c3)C2=O)ccc1OCc1ccc(Cl)cc1Cl. The number of halogens is 2. The standard InChI is InChI=1S/C26H22Cl2N2O4/c1-16-4-3-5-18(10-16)14-30-25(31)22(29-26(30)32)11-17-6-9-23(24(12-17)33-2)34-15-19-7-8-20(27)13-21(19)28/h3-13H,14-15H2,1-2H3,(H,29,32)/b22-11+. The Bertz CT molecular complexity index is 1290. The number of carbonyl (C=O) groups excluding carboxylic acids is 2. The molecule has 1 fully saturated rings. The first kappa shape index (κ1) is 23.7. The maximum Gasteiger partial charge on any atom is 0.329 e. The molecule has 0 saturated carbocycles. The van der Waals surface area contributed by atoms with Gasteiger partial charge in [0.1, 0.15) is 12.3 Å². The quantitative estimate of drug-likeness (QED) is 0.322. The van der Waals surface area contributed by atoms with Crippen LogP contribution in [0.3, 0.4) is 0 Å². The molecule has 0 aromatic heterocycles. The van der Waals surface area contributed by atoms with Gasteiger partial charge in [-0.25, -0.2) is 4.79 Å². The molecule has 0 unspecified atom stereocenters. The Balaban J connectivity index is 1.49. The summed E-state index contributed by atoms with van der Waals surface area (Å²) >= 11 is 12.2. The van der Waals surface area contributed by atoms with Crippen molar-refractivity contribution in [1.82, 2.24) is 10.2 Å². The molecular formula is C26H22Cl2N2O4. The van der Waals surface area contributed by atoms with Gasteiger partial charge in [0.25, 0.3) is 5.91 Å². The van der Waals surface area contributed by atoms with Gasteiger partial charge in [-0.1, -0.05) is 65.2 Å². The Morgan fingerprint density at radius 2 is 1.82 bits per heavy atom. The molecule has 174 valence electrons. The molecule has 1 aliphatic heterocycles. The Kier molecular flexibility index (Phi) is 7.10. The number of nitrogens with one attached hydrogen (secondary N) is 1. The molecular weight excluding hydrogens is 475 g/mol. The minimum Gasteiger partial charge on any atom is -0.493 e. The smallest absolute Gasteiger partial charge is 0.329 e. The molecule has 4 rings (SSSR count). The number of rotatable bonds is 7. The second kappa shape index (κ2) is 10.2. The number of aryl methyl sites for hydroxylation is 1. The largest absolute Gasteiger partial charge is 0.493 e. The number of imide groups is 1. The minimum absolute atomic E-state index is 0.196. The van der Waals surface area contributed by atoms with E-state index >= 15 is 0 Å². The first-order valence-corrected chi connectivity index (χ1v) is 11.2. The van der Waals surface area contributed by atoms with Gasteiger partial charge in [0.15, 0.2) is 11.5 Å². The van der Waals surface area contributed by atoms with Gasteiger partial charge >= 0.3 is 6.03 Å². The molecule has 0 bridgehead atoms. The monoisotopic (exact) mass is 496 g/mol. The van der Waals surface area contributed by atoms with Crippen LogP contribution in [0.2, 0.25) is 10.0 Å². The highest BCUT2D eigenvalue weighted by atomic mass is 35.5. The van der Waals surface area contributed by atoms with E-state index in [-0.39, 0.29) is 24.8 Å². The van der Waals surface area contributed by atoms with E-state index in [1.807, 2.05) is 31.2 Å². The number of amides is 3. The van der Waals surface area contributed by atoms with Gasteiger partial charge in [0, 0.05) is 15.6 Å². The predicted molar refractivity (Wildman–Crippen MR) is 132 cm³/mol. The van der Waals surface area contributed by atoms with Gasteiger partial charge in [0.05, 0.1) is 13.7 Å². The van der Waals surface area contributed by atoms with Crippen LogP contribution in [0.5, 0.6) is 11.5 Å². The molecule has 0 spiro atoms. The first-order chi connectivity index (χ1) is 16.3. The summed E-state index contributed by atoms with van der Waals surface area (Å²) in [5.41, 5.74) is 3.60. The molecule has 1 aliphatic rings. The predicted octanol–water partition coefficient (Wildman–Crippen LogP) is 5.98. The van der Waals surface area contributed by atoms with E-state index in [2.05, 4.69) is 5.32 Å². The number of ether oxygens (including phenoxy) is 2. The van der Waals surface area contributed by atoms with Gasteiger partial charge < -0.3 is 14.8 Å². The second-order valence-corrected chi connectivity index (χ2v) is 8.65. The van der Waals surface area contributed by atoms with Crippen LogP contribution in [-0.4, -0.2) is 23.9 Å². The molecule has 1 saturated heterocycles. The highest BCUT2D eigenvalue weighted by molar-refractivity contribution is 6.35. The molecule has 34 heavy (non-hydrogen) atoms. The highest BCUT2D eigenvalue weighted by Gasteiger charge is 2.33. The lowest BCUT2D eigenvalue weighted by atomic mass is 10.1. The average Bonchev–Trinajstić information content (AvgIpc) is 3.06. The number of benzene rings is 3. The van der Waals surface area contributed by atoms with Crippen molar-refractivity contribution in [3.8, 4) is 11.5 Å². The summed E-state index contributed by atoms with van der Waals surface area (Å²) < 4.78 is 11.3. The fourth-order valence-corrected chi connectivity index (χ4v) is 4.03. The number of carbonyl (C=O) groups is 2. The lowest BCUT2D eigenvalue weighted by Gasteiger charge is -2.13.